The van der Waals surface area contributed by atoms with Crippen LogP contribution in [0.3, 0.4) is 0 Å². The Hall–Kier alpha value is -2.02. The van der Waals surface area contributed by atoms with E-state index in [2.05, 4.69) is 4.74 Å². The molecule has 0 saturated heterocycles. The lowest BCUT2D eigenvalue weighted by Gasteiger charge is -2.42. The molecule has 1 aromatic heterocycles. The molecule has 130 valence electrons. The predicted molar refractivity (Wildman–Crippen MR) is 83.1 cm³/mol. The number of ether oxygens (including phenoxy) is 2. The summed E-state index contributed by atoms with van der Waals surface area (Å²) < 4.78 is 49.2. The number of benzene rings is 1. The highest BCUT2D eigenvalue weighted by Gasteiger charge is 2.38. The molecular weight excluding hydrogens is 323 g/mol. The van der Waals surface area contributed by atoms with E-state index in [-0.39, 0.29) is 27.5 Å². The number of hydrogen-bond acceptors (Lipinski definition) is 3. The number of pyridine rings is 1. The molecule has 0 spiro atoms. The number of alkyl halides is 3. The summed E-state index contributed by atoms with van der Waals surface area (Å²) in [5.74, 6) is -0.357. The molecule has 2 aromatic rings. The van der Waals surface area contributed by atoms with Crippen LogP contribution in [0.5, 0.6) is 5.75 Å². The van der Waals surface area contributed by atoms with E-state index >= 15 is 0 Å². The summed E-state index contributed by atoms with van der Waals surface area (Å²) in [5, 5.41) is 0.214. The van der Waals surface area contributed by atoms with Crippen LogP contribution in [0.2, 0.25) is 0 Å². The first kappa shape index (κ1) is 16.8. The Morgan fingerprint density at radius 3 is 2.58 bits per heavy atom. The monoisotopic (exact) mass is 341 g/mol. The quantitative estimate of drug-likeness (QED) is 0.832. The molecule has 0 radical (unpaired) electrons. The topological polar surface area (TPSA) is 40.5 Å². The van der Waals surface area contributed by atoms with Crippen molar-refractivity contribution in [2.45, 2.75) is 32.2 Å². The van der Waals surface area contributed by atoms with Crippen LogP contribution in [-0.2, 0) is 11.3 Å². The number of fused-ring (bicyclic) bond motifs is 1. The largest absolute Gasteiger partial charge is 0.573 e. The number of hydrogen-bond donors (Lipinski definition) is 0. The van der Waals surface area contributed by atoms with Crippen molar-refractivity contribution in [3.63, 3.8) is 0 Å². The Kier molecular flexibility index (Phi) is 4.29. The Morgan fingerprint density at radius 2 is 2.00 bits per heavy atom. The SMILES string of the molecule is COCC1(Cn2ccc(=O)c3cccc(OC(F)(F)F)c32)CCC1. The van der Waals surface area contributed by atoms with Crippen LogP contribution in [0.15, 0.2) is 35.3 Å². The van der Waals surface area contributed by atoms with Gasteiger partial charge in [-0.25, -0.2) is 0 Å². The molecule has 0 aliphatic heterocycles. The van der Waals surface area contributed by atoms with Gasteiger partial charge < -0.3 is 14.0 Å². The standard InChI is InChI=1S/C17H18F3NO3/c1-23-11-16(7-3-8-16)10-21-9-6-13(22)12-4-2-5-14(15(12)21)24-17(18,19)20/h2,4-6,9H,3,7-8,10-11H2,1H3. The third-order valence-electron chi connectivity index (χ3n) is 4.55. The van der Waals surface area contributed by atoms with Crippen molar-refractivity contribution in [3.05, 3.63) is 40.7 Å². The zero-order valence-corrected chi connectivity index (χ0v) is 13.2. The number of rotatable bonds is 5. The highest BCUT2D eigenvalue weighted by atomic mass is 19.4. The van der Waals surface area contributed by atoms with Crippen molar-refractivity contribution >= 4 is 10.9 Å². The summed E-state index contributed by atoms with van der Waals surface area (Å²) in [6.07, 6.45) is -0.337. The molecule has 1 fully saturated rings. The minimum absolute atomic E-state index is 0.109. The van der Waals surface area contributed by atoms with E-state index in [9.17, 15) is 18.0 Å². The van der Waals surface area contributed by atoms with E-state index in [0.29, 0.717) is 13.2 Å². The highest BCUT2D eigenvalue weighted by Crippen LogP contribution is 2.43. The van der Waals surface area contributed by atoms with Crippen LogP contribution in [0.1, 0.15) is 19.3 Å². The van der Waals surface area contributed by atoms with Crippen LogP contribution in [0.4, 0.5) is 13.2 Å². The first-order valence-electron chi connectivity index (χ1n) is 7.70. The molecule has 1 aliphatic rings. The molecule has 0 bridgehead atoms. The Morgan fingerprint density at radius 1 is 1.25 bits per heavy atom. The second kappa shape index (κ2) is 6.12. The van der Waals surface area contributed by atoms with Crippen LogP contribution in [0.25, 0.3) is 10.9 Å². The first-order chi connectivity index (χ1) is 11.3. The van der Waals surface area contributed by atoms with Gasteiger partial charge in [-0.3, -0.25) is 4.79 Å². The zero-order valence-electron chi connectivity index (χ0n) is 13.2. The van der Waals surface area contributed by atoms with Gasteiger partial charge in [-0.2, -0.15) is 0 Å². The second-order valence-electron chi connectivity index (χ2n) is 6.29. The van der Waals surface area contributed by atoms with Crippen molar-refractivity contribution in [2.75, 3.05) is 13.7 Å². The first-order valence-corrected chi connectivity index (χ1v) is 7.70. The molecule has 0 amide bonds. The summed E-state index contributed by atoms with van der Waals surface area (Å²) in [4.78, 5) is 12.0. The molecule has 1 saturated carbocycles. The Bertz CT molecular complexity index is 794. The number of aromatic nitrogens is 1. The van der Waals surface area contributed by atoms with Gasteiger partial charge in [0.1, 0.15) is 0 Å². The van der Waals surface area contributed by atoms with E-state index in [1.54, 1.807) is 11.7 Å². The highest BCUT2D eigenvalue weighted by molar-refractivity contribution is 5.84. The summed E-state index contributed by atoms with van der Waals surface area (Å²) >= 11 is 0. The molecule has 4 nitrogen and oxygen atoms in total. The molecule has 7 heteroatoms. The van der Waals surface area contributed by atoms with Crippen molar-refractivity contribution < 1.29 is 22.6 Å². The van der Waals surface area contributed by atoms with Crippen LogP contribution in [0, 0.1) is 5.41 Å². The molecule has 0 N–H and O–H groups in total. The van der Waals surface area contributed by atoms with E-state index in [1.807, 2.05) is 0 Å². The molecule has 1 heterocycles. The van der Waals surface area contributed by atoms with Crippen LogP contribution < -0.4 is 10.2 Å². The summed E-state index contributed by atoms with van der Waals surface area (Å²) in [6.45, 7) is 1.01. The summed E-state index contributed by atoms with van der Waals surface area (Å²) in [5.41, 5.74) is -0.268. The number of methoxy groups -OCH3 is 1. The van der Waals surface area contributed by atoms with E-state index in [0.717, 1.165) is 19.3 Å². The molecular formula is C17H18F3NO3. The van der Waals surface area contributed by atoms with Crippen LogP contribution in [-0.4, -0.2) is 24.6 Å². The fourth-order valence-electron chi connectivity index (χ4n) is 3.37. The van der Waals surface area contributed by atoms with Gasteiger partial charge >= 0.3 is 6.36 Å². The normalized spacial score (nSPS) is 16.8. The average Bonchev–Trinajstić information content (AvgIpc) is 2.46. The second-order valence-corrected chi connectivity index (χ2v) is 6.29. The van der Waals surface area contributed by atoms with Crippen molar-refractivity contribution in [3.8, 4) is 5.75 Å². The molecule has 3 rings (SSSR count). The molecule has 1 aliphatic carbocycles. The Balaban J connectivity index is 2.10. The lowest BCUT2D eigenvalue weighted by atomic mass is 9.69. The smallest absolute Gasteiger partial charge is 0.404 e. The fraction of sp³-hybridized carbons (Fsp3) is 0.471. The lowest BCUT2D eigenvalue weighted by molar-refractivity contribution is -0.274. The van der Waals surface area contributed by atoms with Gasteiger partial charge in [-0.1, -0.05) is 12.5 Å². The maximum Gasteiger partial charge on any atom is 0.573 e. The molecule has 0 atom stereocenters. The van der Waals surface area contributed by atoms with E-state index in [1.165, 1.54) is 30.5 Å². The van der Waals surface area contributed by atoms with Crippen LogP contribution >= 0.6 is 0 Å². The zero-order chi connectivity index (χ0) is 17.4. The van der Waals surface area contributed by atoms with Gasteiger partial charge in [-0.15, -0.1) is 13.2 Å². The predicted octanol–water partition coefficient (Wildman–Crippen LogP) is 3.72. The van der Waals surface area contributed by atoms with E-state index < -0.39 is 6.36 Å². The molecule has 1 aromatic carbocycles. The summed E-state index contributed by atoms with van der Waals surface area (Å²) in [6, 6.07) is 5.51. The maximum atomic E-state index is 12.7. The van der Waals surface area contributed by atoms with Gasteiger partial charge in [0.15, 0.2) is 11.2 Å². The van der Waals surface area contributed by atoms with E-state index in [4.69, 9.17) is 4.74 Å². The molecule has 24 heavy (non-hydrogen) atoms. The number of nitrogens with zero attached hydrogens (tertiary/aromatic N) is 1. The third kappa shape index (κ3) is 3.26. The lowest BCUT2D eigenvalue weighted by Crippen LogP contribution is -2.38. The van der Waals surface area contributed by atoms with Crippen molar-refractivity contribution in [1.29, 1.82) is 0 Å². The molecule has 0 unspecified atom stereocenters. The third-order valence-corrected chi connectivity index (χ3v) is 4.55. The maximum absolute atomic E-state index is 12.7. The van der Waals surface area contributed by atoms with Gasteiger partial charge in [0.2, 0.25) is 0 Å². The van der Waals surface area contributed by atoms with Gasteiger partial charge in [0, 0.05) is 36.7 Å². The minimum Gasteiger partial charge on any atom is -0.404 e. The summed E-state index contributed by atoms with van der Waals surface area (Å²) in [7, 11) is 1.61. The number of para-hydroxylation sites is 1. The van der Waals surface area contributed by atoms with Crippen molar-refractivity contribution in [1.82, 2.24) is 4.57 Å². The van der Waals surface area contributed by atoms with Gasteiger partial charge in [-0.05, 0) is 25.0 Å². The minimum atomic E-state index is -4.81. The average molecular weight is 341 g/mol. The fourth-order valence-corrected chi connectivity index (χ4v) is 3.37. The van der Waals surface area contributed by atoms with Crippen molar-refractivity contribution in [2.24, 2.45) is 5.41 Å². The van der Waals surface area contributed by atoms with Gasteiger partial charge in [0.05, 0.1) is 12.1 Å². The van der Waals surface area contributed by atoms with Gasteiger partial charge in [0.25, 0.3) is 0 Å². The Labute approximate surface area is 136 Å². The number of halogens is 3.